The Kier molecular flexibility index (Phi) is 4.89. The van der Waals surface area contributed by atoms with Crippen molar-refractivity contribution in [2.45, 2.75) is 17.1 Å². The van der Waals surface area contributed by atoms with E-state index in [1.54, 1.807) is 6.07 Å². The van der Waals surface area contributed by atoms with Crippen LogP contribution >= 0.6 is 23.4 Å². The Balaban J connectivity index is 2.99. The molecule has 0 heterocycles. The van der Waals surface area contributed by atoms with Crippen LogP contribution in [0.2, 0.25) is 0 Å². The fraction of sp³-hybridized carbons (Fsp3) is 0.400. The monoisotopic (exact) mass is 261 g/mol. The van der Waals surface area contributed by atoms with Crippen LogP contribution in [-0.2, 0) is 0 Å². The Bertz CT molecular complexity index is 386. The topological polar surface area (TPSA) is 52.4 Å². The number of hydrogen-bond acceptors (Lipinski definition) is 4. The zero-order valence-corrected chi connectivity index (χ0v) is 10.5. The lowest BCUT2D eigenvalue weighted by Gasteiger charge is -2.08. The van der Waals surface area contributed by atoms with E-state index in [2.05, 4.69) is 0 Å². The third-order valence-corrected chi connectivity index (χ3v) is 3.59. The van der Waals surface area contributed by atoms with Gasteiger partial charge >= 0.3 is 0 Å². The molecule has 0 bridgehead atoms. The fourth-order valence-electron chi connectivity index (χ4n) is 1.11. The van der Waals surface area contributed by atoms with Gasteiger partial charge in [0, 0.05) is 22.1 Å². The third-order valence-electron chi connectivity index (χ3n) is 1.87. The molecule has 88 valence electrons. The third kappa shape index (κ3) is 3.57. The molecular formula is C10H12ClNO3S. The van der Waals surface area contributed by atoms with Crippen LogP contribution in [0.15, 0.2) is 23.1 Å². The summed E-state index contributed by atoms with van der Waals surface area (Å²) in [6.45, 7) is 1.96. The molecule has 1 rings (SSSR count). The largest absolute Gasteiger partial charge is 0.496 e. The van der Waals surface area contributed by atoms with Crippen molar-refractivity contribution in [3.8, 4) is 5.75 Å². The summed E-state index contributed by atoms with van der Waals surface area (Å²) in [4.78, 5) is 11.0. The maximum Gasteiger partial charge on any atom is 0.274 e. The highest BCUT2D eigenvalue weighted by molar-refractivity contribution is 8.00. The predicted molar refractivity (Wildman–Crippen MR) is 65.7 cm³/mol. The fourth-order valence-corrected chi connectivity index (χ4v) is 2.20. The molecule has 0 amide bonds. The highest BCUT2D eigenvalue weighted by Gasteiger charge is 2.12. The standard InChI is InChI=1S/C10H12ClNO3S/c1-7(6-11)16-10-4-8(12(13)14)3-9(5-10)15-2/h3-5,7H,6H2,1-2H3. The molecule has 4 nitrogen and oxygen atoms in total. The Morgan fingerprint density at radius 3 is 2.75 bits per heavy atom. The number of thioether (sulfide) groups is 1. The quantitative estimate of drug-likeness (QED) is 0.353. The lowest BCUT2D eigenvalue weighted by atomic mass is 10.3. The van der Waals surface area contributed by atoms with Gasteiger partial charge in [0.2, 0.25) is 0 Å². The Labute approximate surface area is 103 Å². The summed E-state index contributed by atoms with van der Waals surface area (Å²) in [6.07, 6.45) is 0. The first-order chi connectivity index (χ1) is 7.56. The summed E-state index contributed by atoms with van der Waals surface area (Å²) >= 11 is 7.18. The lowest BCUT2D eigenvalue weighted by molar-refractivity contribution is -0.385. The molecule has 0 aromatic heterocycles. The SMILES string of the molecule is COc1cc(SC(C)CCl)cc([N+](=O)[O-])c1. The zero-order chi connectivity index (χ0) is 12.1. The number of rotatable bonds is 5. The van der Waals surface area contributed by atoms with Crippen LogP contribution in [0.3, 0.4) is 0 Å². The lowest BCUT2D eigenvalue weighted by Crippen LogP contribution is -1.97. The highest BCUT2D eigenvalue weighted by Crippen LogP contribution is 2.31. The Morgan fingerprint density at radius 2 is 2.25 bits per heavy atom. The molecule has 16 heavy (non-hydrogen) atoms. The molecule has 1 atom stereocenters. The Hall–Kier alpha value is -0.940. The van der Waals surface area contributed by atoms with E-state index in [0.717, 1.165) is 4.90 Å². The van der Waals surface area contributed by atoms with E-state index >= 15 is 0 Å². The van der Waals surface area contributed by atoms with Crippen molar-refractivity contribution in [1.29, 1.82) is 0 Å². The van der Waals surface area contributed by atoms with Crippen LogP contribution in [0.5, 0.6) is 5.75 Å². The minimum atomic E-state index is -0.433. The van der Waals surface area contributed by atoms with Gasteiger partial charge in [-0.15, -0.1) is 23.4 Å². The molecule has 0 saturated heterocycles. The number of benzene rings is 1. The van der Waals surface area contributed by atoms with Crippen LogP contribution in [-0.4, -0.2) is 23.2 Å². The molecule has 0 spiro atoms. The number of alkyl halides is 1. The molecule has 0 fully saturated rings. The summed E-state index contributed by atoms with van der Waals surface area (Å²) in [6, 6.07) is 4.69. The van der Waals surface area contributed by atoms with Gasteiger partial charge in [-0.2, -0.15) is 0 Å². The highest BCUT2D eigenvalue weighted by atomic mass is 35.5. The predicted octanol–water partition coefficient (Wildman–Crippen LogP) is 3.32. The molecule has 0 radical (unpaired) electrons. The molecule has 1 unspecified atom stereocenters. The summed E-state index contributed by atoms with van der Waals surface area (Å²) in [7, 11) is 1.48. The summed E-state index contributed by atoms with van der Waals surface area (Å²) < 4.78 is 5.01. The second-order valence-corrected chi connectivity index (χ2v) is 5.03. The van der Waals surface area contributed by atoms with E-state index in [-0.39, 0.29) is 10.9 Å². The van der Waals surface area contributed by atoms with E-state index in [4.69, 9.17) is 16.3 Å². The summed E-state index contributed by atoms with van der Waals surface area (Å²) in [5.41, 5.74) is 0.0311. The first-order valence-electron chi connectivity index (χ1n) is 4.63. The van der Waals surface area contributed by atoms with Crippen molar-refractivity contribution in [2.75, 3.05) is 13.0 Å². The van der Waals surface area contributed by atoms with Gasteiger partial charge in [0.05, 0.1) is 18.1 Å². The molecule has 0 N–H and O–H groups in total. The van der Waals surface area contributed by atoms with Gasteiger partial charge in [-0.25, -0.2) is 0 Å². The van der Waals surface area contributed by atoms with Crippen molar-refractivity contribution in [3.63, 3.8) is 0 Å². The van der Waals surface area contributed by atoms with Crippen LogP contribution in [0.4, 0.5) is 5.69 Å². The van der Waals surface area contributed by atoms with Gasteiger partial charge in [0.1, 0.15) is 5.75 Å². The van der Waals surface area contributed by atoms with Crippen molar-refractivity contribution < 1.29 is 9.66 Å². The van der Waals surface area contributed by atoms with E-state index < -0.39 is 4.92 Å². The number of ether oxygens (including phenoxy) is 1. The van der Waals surface area contributed by atoms with E-state index in [1.165, 1.54) is 31.0 Å². The van der Waals surface area contributed by atoms with E-state index in [9.17, 15) is 10.1 Å². The first kappa shape index (κ1) is 13.1. The summed E-state index contributed by atoms with van der Waals surface area (Å²) in [5.74, 6) is 0.980. The molecular weight excluding hydrogens is 250 g/mol. The average Bonchev–Trinajstić information content (AvgIpc) is 2.28. The van der Waals surface area contributed by atoms with Gasteiger partial charge in [-0.1, -0.05) is 6.92 Å². The van der Waals surface area contributed by atoms with Gasteiger partial charge in [0.25, 0.3) is 5.69 Å². The van der Waals surface area contributed by atoms with Gasteiger partial charge < -0.3 is 4.74 Å². The first-order valence-corrected chi connectivity index (χ1v) is 6.04. The van der Waals surface area contributed by atoms with Gasteiger partial charge in [-0.05, 0) is 6.07 Å². The number of non-ortho nitro benzene ring substituents is 1. The van der Waals surface area contributed by atoms with Gasteiger partial charge in [0.15, 0.2) is 0 Å². The maximum atomic E-state index is 10.7. The number of nitrogens with zero attached hydrogens (tertiary/aromatic N) is 1. The molecule has 6 heteroatoms. The van der Waals surface area contributed by atoms with Crippen LogP contribution in [0.1, 0.15) is 6.92 Å². The van der Waals surface area contributed by atoms with Crippen molar-refractivity contribution in [2.24, 2.45) is 0 Å². The van der Waals surface area contributed by atoms with Crippen molar-refractivity contribution >= 4 is 29.1 Å². The average molecular weight is 262 g/mol. The maximum absolute atomic E-state index is 10.7. The molecule has 0 aliphatic rings. The number of nitro groups is 1. The minimum Gasteiger partial charge on any atom is -0.496 e. The van der Waals surface area contributed by atoms with Crippen LogP contribution in [0.25, 0.3) is 0 Å². The number of methoxy groups -OCH3 is 1. The Morgan fingerprint density at radius 1 is 1.56 bits per heavy atom. The normalized spacial score (nSPS) is 12.2. The number of halogens is 1. The van der Waals surface area contributed by atoms with Crippen molar-refractivity contribution in [3.05, 3.63) is 28.3 Å². The minimum absolute atomic E-state index is 0.0311. The van der Waals surface area contributed by atoms with Crippen LogP contribution in [0, 0.1) is 10.1 Å². The molecule has 0 saturated carbocycles. The number of hydrogen-bond donors (Lipinski definition) is 0. The van der Waals surface area contributed by atoms with Crippen molar-refractivity contribution in [1.82, 2.24) is 0 Å². The zero-order valence-electron chi connectivity index (χ0n) is 8.97. The van der Waals surface area contributed by atoms with Crippen LogP contribution < -0.4 is 4.74 Å². The molecule has 1 aromatic carbocycles. The smallest absolute Gasteiger partial charge is 0.274 e. The van der Waals surface area contributed by atoms with E-state index in [1.807, 2.05) is 6.92 Å². The number of nitro benzene ring substituents is 1. The van der Waals surface area contributed by atoms with E-state index in [0.29, 0.717) is 11.6 Å². The molecule has 0 aliphatic carbocycles. The molecule has 0 aliphatic heterocycles. The summed E-state index contributed by atoms with van der Waals surface area (Å²) in [5, 5.41) is 10.9. The molecule has 1 aromatic rings. The second kappa shape index (κ2) is 5.96. The van der Waals surface area contributed by atoms with Gasteiger partial charge in [-0.3, -0.25) is 10.1 Å². The second-order valence-electron chi connectivity index (χ2n) is 3.21.